The first kappa shape index (κ1) is 15.9. The van der Waals surface area contributed by atoms with Crippen molar-refractivity contribution in [3.8, 4) is 0 Å². The van der Waals surface area contributed by atoms with Crippen LogP contribution < -0.4 is 10.6 Å². The molecule has 2 N–H and O–H groups in total. The average molecular weight is 331 g/mol. The Morgan fingerprint density at radius 3 is 2.70 bits per heavy atom. The van der Waals surface area contributed by atoms with Crippen molar-refractivity contribution >= 4 is 23.2 Å². The molecule has 2 heterocycles. The predicted octanol–water partition coefficient (Wildman–Crippen LogP) is 3.57. The monoisotopic (exact) mass is 331 g/mol. The molecule has 0 aromatic carbocycles. The van der Waals surface area contributed by atoms with Crippen LogP contribution in [0.2, 0.25) is 0 Å². The number of urea groups is 1. The number of thiazole rings is 1. The number of hydrogen-bond donors (Lipinski definition) is 2. The standard InChI is InChI=1S/C16H21N5OS/c1-4-16(3,14-17-10(2)9-23-14)19-15(22)18-13-8-7-12(20-21-13)11-5-6-11/h7-9,11H,4-6H2,1-3H3,(H2,18,19,21,22). The lowest BCUT2D eigenvalue weighted by molar-refractivity contribution is 0.237. The highest BCUT2D eigenvalue weighted by Crippen LogP contribution is 2.38. The molecule has 0 spiro atoms. The fraction of sp³-hybridized carbons (Fsp3) is 0.500. The molecule has 0 aliphatic heterocycles. The molecule has 122 valence electrons. The summed E-state index contributed by atoms with van der Waals surface area (Å²) >= 11 is 1.56. The van der Waals surface area contributed by atoms with Crippen LogP contribution in [0.4, 0.5) is 10.6 Å². The van der Waals surface area contributed by atoms with Crippen LogP contribution >= 0.6 is 11.3 Å². The second-order valence-corrected chi connectivity index (χ2v) is 7.03. The number of nitrogens with zero attached hydrogens (tertiary/aromatic N) is 3. The maximum atomic E-state index is 12.3. The van der Waals surface area contributed by atoms with Gasteiger partial charge in [-0.2, -0.15) is 5.10 Å². The van der Waals surface area contributed by atoms with Crippen LogP contribution in [-0.2, 0) is 5.54 Å². The Bertz CT molecular complexity index is 695. The normalized spacial score (nSPS) is 16.7. The topological polar surface area (TPSA) is 79.8 Å². The van der Waals surface area contributed by atoms with E-state index in [9.17, 15) is 4.79 Å². The van der Waals surface area contributed by atoms with Crippen LogP contribution in [0.3, 0.4) is 0 Å². The molecule has 7 heteroatoms. The Hall–Kier alpha value is -2.02. The number of anilines is 1. The summed E-state index contributed by atoms with van der Waals surface area (Å²) in [6.07, 6.45) is 3.12. The van der Waals surface area contributed by atoms with Gasteiger partial charge in [0.2, 0.25) is 0 Å². The van der Waals surface area contributed by atoms with Gasteiger partial charge in [0, 0.05) is 17.0 Å². The molecule has 1 aliphatic carbocycles. The summed E-state index contributed by atoms with van der Waals surface area (Å²) < 4.78 is 0. The third-order valence-electron chi connectivity index (χ3n) is 4.11. The van der Waals surface area contributed by atoms with Crippen LogP contribution in [-0.4, -0.2) is 21.2 Å². The van der Waals surface area contributed by atoms with Gasteiger partial charge >= 0.3 is 6.03 Å². The minimum absolute atomic E-state index is 0.296. The van der Waals surface area contributed by atoms with Crippen molar-refractivity contribution < 1.29 is 4.79 Å². The van der Waals surface area contributed by atoms with E-state index in [4.69, 9.17) is 0 Å². The van der Waals surface area contributed by atoms with Gasteiger partial charge in [0.25, 0.3) is 0 Å². The molecule has 0 radical (unpaired) electrons. The summed E-state index contributed by atoms with van der Waals surface area (Å²) in [4.78, 5) is 16.8. The molecule has 0 bridgehead atoms. The molecule has 1 saturated carbocycles. The van der Waals surface area contributed by atoms with Crippen LogP contribution in [0.5, 0.6) is 0 Å². The molecule has 1 unspecified atom stereocenters. The van der Waals surface area contributed by atoms with Crippen molar-refractivity contribution in [2.45, 2.75) is 51.5 Å². The zero-order chi connectivity index (χ0) is 16.4. The number of carbonyl (C=O) groups excluding carboxylic acids is 1. The Labute approximate surface area is 139 Å². The van der Waals surface area contributed by atoms with Gasteiger partial charge in [-0.1, -0.05) is 6.92 Å². The number of nitrogens with one attached hydrogen (secondary N) is 2. The lowest BCUT2D eigenvalue weighted by atomic mass is 10.0. The van der Waals surface area contributed by atoms with Gasteiger partial charge in [-0.15, -0.1) is 16.4 Å². The highest BCUT2D eigenvalue weighted by atomic mass is 32.1. The molecule has 6 nitrogen and oxygen atoms in total. The lowest BCUT2D eigenvalue weighted by Crippen LogP contribution is -2.45. The largest absolute Gasteiger partial charge is 0.326 e. The number of hydrogen-bond acceptors (Lipinski definition) is 5. The van der Waals surface area contributed by atoms with E-state index in [2.05, 4.69) is 25.8 Å². The summed E-state index contributed by atoms with van der Waals surface area (Å²) in [5.41, 5.74) is 1.48. The molecule has 23 heavy (non-hydrogen) atoms. The van der Waals surface area contributed by atoms with Crippen LogP contribution in [0, 0.1) is 6.92 Å². The van der Waals surface area contributed by atoms with Crippen molar-refractivity contribution in [3.05, 3.63) is 33.9 Å². The first-order valence-corrected chi connectivity index (χ1v) is 8.73. The first-order chi connectivity index (χ1) is 11.0. The van der Waals surface area contributed by atoms with E-state index in [-0.39, 0.29) is 6.03 Å². The van der Waals surface area contributed by atoms with E-state index in [0.717, 1.165) is 22.8 Å². The minimum Gasteiger partial charge on any atom is -0.326 e. The molecule has 2 aromatic rings. The molecule has 0 saturated heterocycles. The molecule has 3 rings (SSSR count). The molecule has 2 aromatic heterocycles. The molecule has 1 atom stereocenters. The average Bonchev–Trinajstić information content (AvgIpc) is 3.28. The van der Waals surface area contributed by atoms with Crippen LogP contribution in [0.25, 0.3) is 0 Å². The van der Waals surface area contributed by atoms with E-state index in [1.54, 1.807) is 17.4 Å². The smallest absolute Gasteiger partial charge is 0.321 e. The van der Waals surface area contributed by atoms with E-state index in [1.807, 2.05) is 32.2 Å². The molecular formula is C16H21N5OS. The fourth-order valence-corrected chi connectivity index (χ4v) is 3.29. The highest BCUT2D eigenvalue weighted by Gasteiger charge is 2.30. The summed E-state index contributed by atoms with van der Waals surface area (Å²) in [5, 5.41) is 16.9. The minimum atomic E-state index is -0.496. The zero-order valence-electron chi connectivity index (χ0n) is 13.6. The predicted molar refractivity (Wildman–Crippen MR) is 90.7 cm³/mol. The Balaban J connectivity index is 1.65. The third-order valence-corrected chi connectivity index (χ3v) is 5.33. The Morgan fingerprint density at radius 1 is 1.39 bits per heavy atom. The Kier molecular flexibility index (Phi) is 4.30. The molecule has 2 amide bonds. The van der Waals surface area contributed by atoms with Gasteiger partial charge < -0.3 is 5.32 Å². The van der Waals surface area contributed by atoms with Gasteiger partial charge in [-0.3, -0.25) is 5.32 Å². The maximum Gasteiger partial charge on any atom is 0.321 e. The number of rotatable bonds is 5. The number of amides is 2. The van der Waals surface area contributed by atoms with E-state index < -0.39 is 5.54 Å². The van der Waals surface area contributed by atoms with E-state index >= 15 is 0 Å². The maximum absolute atomic E-state index is 12.3. The van der Waals surface area contributed by atoms with Gasteiger partial charge in [0.05, 0.1) is 11.2 Å². The second kappa shape index (κ2) is 6.23. The SMILES string of the molecule is CCC(C)(NC(=O)Nc1ccc(C2CC2)nn1)c1nc(C)cs1. The summed E-state index contributed by atoms with van der Waals surface area (Å²) in [7, 11) is 0. The van der Waals surface area contributed by atoms with Gasteiger partial charge in [-0.25, -0.2) is 9.78 Å². The number of carbonyl (C=O) groups is 1. The van der Waals surface area contributed by atoms with Crippen molar-refractivity contribution in [3.63, 3.8) is 0 Å². The first-order valence-electron chi connectivity index (χ1n) is 7.85. The number of aromatic nitrogens is 3. The van der Waals surface area contributed by atoms with E-state index in [0.29, 0.717) is 11.7 Å². The van der Waals surface area contributed by atoms with Crippen LogP contribution in [0.1, 0.15) is 55.4 Å². The van der Waals surface area contributed by atoms with Crippen molar-refractivity contribution in [2.24, 2.45) is 0 Å². The lowest BCUT2D eigenvalue weighted by Gasteiger charge is -2.27. The highest BCUT2D eigenvalue weighted by molar-refractivity contribution is 7.09. The van der Waals surface area contributed by atoms with Gasteiger partial charge in [-0.05, 0) is 45.2 Å². The van der Waals surface area contributed by atoms with Crippen LogP contribution in [0.15, 0.2) is 17.5 Å². The van der Waals surface area contributed by atoms with E-state index in [1.165, 1.54) is 12.8 Å². The molecule has 1 aliphatic rings. The fourth-order valence-electron chi connectivity index (χ4n) is 2.30. The van der Waals surface area contributed by atoms with Crippen molar-refractivity contribution in [1.82, 2.24) is 20.5 Å². The summed E-state index contributed by atoms with van der Waals surface area (Å²) in [5.74, 6) is 1.02. The third kappa shape index (κ3) is 3.67. The summed E-state index contributed by atoms with van der Waals surface area (Å²) in [6, 6.07) is 3.44. The molecule has 1 fully saturated rings. The Morgan fingerprint density at radius 2 is 2.17 bits per heavy atom. The quantitative estimate of drug-likeness (QED) is 0.878. The van der Waals surface area contributed by atoms with Gasteiger partial charge in [0.1, 0.15) is 5.01 Å². The number of aryl methyl sites for hydroxylation is 1. The second-order valence-electron chi connectivity index (χ2n) is 6.18. The van der Waals surface area contributed by atoms with Crippen molar-refractivity contribution in [1.29, 1.82) is 0 Å². The van der Waals surface area contributed by atoms with Gasteiger partial charge in [0.15, 0.2) is 5.82 Å². The zero-order valence-corrected chi connectivity index (χ0v) is 14.4. The molecular weight excluding hydrogens is 310 g/mol. The summed E-state index contributed by atoms with van der Waals surface area (Å²) in [6.45, 7) is 5.96. The van der Waals surface area contributed by atoms with Crippen molar-refractivity contribution in [2.75, 3.05) is 5.32 Å².